The van der Waals surface area contributed by atoms with E-state index in [1.807, 2.05) is 0 Å². The van der Waals surface area contributed by atoms with Gasteiger partial charge in [-0.15, -0.1) is 16.7 Å². The lowest BCUT2D eigenvalue weighted by Crippen LogP contribution is -2.09. The predicted octanol–water partition coefficient (Wildman–Crippen LogP) is 2.74. The average Bonchev–Trinajstić information content (AvgIpc) is 2.54. The maximum atomic E-state index is 11.7. The van der Waals surface area contributed by atoms with Gasteiger partial charge in [0.15, 0.2) is 0 Å². The Morgan fingerprint density at radius 1 is 1.08 bits per heavy atom. The maximum absolute atomic E-state index is 11.7. The molecule has 1 aromatic rings. The van der Waals surface area contributed by atoms with Gasteiger partial charge in [-0.2, -0.15) is 5.11 Å². The number of rotatable bonds is 7. The molecule has 0 aliphatic heterocycles. The van der Waals surface area contributed by atoms with E-state index >= 15 is 0 Å². The number of azo groups is 1. The molecule has 0 aromatic heterocycles. The summed E-state index contributed by atoms with van der Waals surface area (Å²) in [4.78, 5) is 33.7. The molecule has 0 aliphatic carbocycles. The van der Waals surface area contributed by atoms with Gasteiger partial charge in [0, 0.05) is 0 Å². The summed E-state index contributed by atoms with van der Waals surface area (Å²) < 4.78 is 4.68. The van der Waals surface area contributed by atoms with Gasteiger partial charge in [0.2, 0.25) is 5.70 Å². The molecule has 0 heterocycles. The van der Waals surface area contributed by atoms with Crippen LogP contribution in [-0.4, -0.2) is 45.7 Å². The zero-order valence-electron chi connectivity index (χ0n) is 12.4. The first-order valence-electron chi connectivity index (χ1n) is 6.48. The van der Waals surface area contributed by atoms with E-state index in [1.54, 1.807) is 6.92 Å². The zero-order valence-corrected chi connectivity index (χ0v) is 13.1. The first-order valence-corrected chi connectivity index (χ1v) is 7.02. The van der Waals surface area contributed by atoms with Crippen LogP contribution in [0, 0.1) is 0 Å². The number of carboxylic acids is 2. The van der Waals surface area contributed by atoms with Gasteiger partial charge in [0.25, 0.3) is 0 Å². The molecule has 1 aromatic carbocycles. The quantitative estimate of drug-likeness (QED) is 0.224. The Kier molecular flexibility index (Phi) is 6.87. The zero-order chi connectivity index (χ0) is 18.3. The van der Waals surface area contributed by atoms with E-state index in [0.29, 0.717) is 0 Å². The second-order valence-electron chi connectivity index (χ2n) is 4.23. The summed E-state index contributed by atoms with van der Waals surface area (Å²) in [6.07, 6.45) is 0. The van der Waals surface area contributed by atoms with Gasteiger partial charge >= 0.3 is 17.9 Å². The summed E-state index contributed by atoms with van der Waals surface area (Å²) in [5, 5.41) is 34.6. The number of allylic oxidation sites excluding steroid dienone is 1. The Bertz CT molecular complexity index is 696. The van der Waals surface area contributed by atoms with Crippen molar-refractivity contribution < 1.29 is 34.4 Å². The van der Waals surface area contributed by atoms with Crippen molar-refractivity contribution in [3.05, 3.63) is 40.8 Å². The Balaban J connectivity index is 3.30. The minimum atomic E-state index is -1.36. The van der Waals surface area contributed by atoms with Crippen molar-refractivity contribution in [2.75, 3.05) is 12.5 Å². The minimum absolute atomic E-state index is 0.0189. The molecule has 10 heteroatoms. The van der Waals surface area contributed by atoms with Gasteiger partial charge in [-0.05, 0) is 25.1 Å². The van der Waals surface area contributed by atoms with Crippen molar-refractivity contribution in [2.24, 2.45) is 10.2 Å². The predicted molar refractivity (Wildman–Crippen MR) is 81.9 cm³/mol. The number of alkyl halides is 1. The fourth-order valence-electron chi connectivity index (χ4n) is 1.50. The molecule has 3 N–H and O–H groups in total. The van der Waals surface area contributed by atoms with E-state index < -0.39 is 35.2 Å². The van der Waals surface area contributed by atoms with Crippen LogP contribution in [0.3, 0.4) is 0 Å². The third-order valence-corrected chi connectivity index (χ3v) is 2.80. The SMILES string of the molecule is CCOC(=O)/C(N=Nc1cc(C(=O)O)cc(C(=O)O)c1)=C(/O)CCl. The highest BCUT2D eigenvalue weighted by molar-refractivity contribution is 6.19. The van der Waals surface area contributed by atoms with E-state index in [1.165, 1.54) is 0 Å². The van der Waals surface area contributed by atoms with Gasteiger partial charge in [0.05, 0.1) is 29.3 Å². The standard InChI is InChI=1S/C14H13ClN2O7/c1-2-24-14(23)11(10(18)6-15)17-16-9-4-7(12(19)20)3-8(5-9)13(21)22/h3-5,18H,2,6H2,1H3,(H,19,20)(H,21,22)/b11-10-,17-16?. The van der Waals surface area contributed by atoms with Crippen molar-refractivity contribution in [2.45, 2.75) is 6.92 Å². The third-order valence-electron chi connectivity index (χ3n) is 2.55. The second kappa shape index (κ2) is 8.63. The maximum Gasteiger partial charge on any atom is 0.362 e. The smallest absolute Gasteiger partial charge is 0.362 e. The molecule has 0 saturated heterocycles. The second-order valence-corrected chi connectivity index (χ2v) is 4.50. The first-order chi connectivity index (χ1) is 11.3. The lowest BCUT2D eigenvalue weighted by atomic mass is 10.1. The number of aliphatic hydroxyl groups is 1. The van der Waals surface area contributed by atoms with Crippen LogP contribution in [0.15, 0.2) is 39.9 Å². The molecule has 0 unspecified atom stereocenters. The lowest BCUT2D eigenvalue weighted by Gasteiger charge is -2.04. The number of halogens is 1. The molecule has 0 radical (unpaired) electrons. The Morgan fingerprint density at radius 2 is 1.62 bits per heavy atom. The summed E-state index contributed by atoms with van der Waals surface area (Å²) in [7, 11) is 0. The molecule has 0 saturated carbocycles. The highest BCUT2D eigenvalue weighted by Crippen LogP contribution is 2.21. The molecule has 1 rings (SSSR count). The van der Waals surface area contributed by atoms with E-state index in [-0.39, 0.29) is 23.4 Å². The number of carboxylic acid groups (broad SMARTS) is 2. The number of carbonyl (C=O) groups is 3. The highest BCUT2D eigenvalue weighted by atomic mass is 35.5. The van der Waals surface area contributed by atoms with E-state index in [4.69, 9.17) is 21.8 Å². The molecule has 9 nitrogen and oxygen atoms in total. The van der Waals surface area contributed by atoms with Gasteiger partial charge in [-0.3, -0.25) is 0 Å². The van der Waals surface area contributed by atoms with Crippen LogP contribution < -0.4 is 0 Å². The van der Waals surface area contributed by atoms with Crippen molar-refractivity contribution in [1.29, 1.82) is 0 Å². The van der Waals surface area contributed by atoms with Crippen molar-refractivity contribution >= 4 is 35.2 Å². The number of ether oxygens (including phenoxy) is 1. The summed E-state index contributed by atoms with van der Waals surface area (Å²) in [6.45, 7) is 1.56. The Hall–Kier alpha value is -2.94. The molecule has 0 fully saturated rings. The van der Waals surface area contributed by atoms with Crippen molar-refractivity contribution in [1.82, 2.24) is 0 Å². The Labute approximate surface area is 140 Å². The van der Waals surface area contributed by atoms with Crippen LogP contribution in [0.25, 0.3) is 0 Å². The molecule has 0 aliphatic rings. The molecule has 24 heavy (non-hydrogen) atoms. The van der Waals surface area contributed by atoms with Crippen LogP contribution in [0.1, 0.15) is 27.6 Å². The number of hydrogen-bond donors (Lipinski definition) is 3. The molecule has 0 bridgehead atoms. The van der Waals surface area contributed by atoms with Gasteiger partial charge in [-0.1, -0.05) is 0 Å². The van der Waals surface area contributed by atoms with Crippen molar-refractivity contribution in [3.63, 3.8) is 0 Å². The van der Waals surface area contributed by atoms with Gasteiger partial charge < -0.3 is 20.1 Å². The number of hydrogen-bond acceptors (Lipinski definition) is 7. The average molecular weight is 357 g/mol. The fraction of sp³-hybridized carbons (Fsp3) is 0.214. The molecule has 0 spiro atoms. The van der Waals surface area contributed by atoms with Gasteiger partial charge in [0.1, 0.15) is 5.76 Å². The summed E-state index contributed by atoms with van der Waals surface area (Å²) in [6, 6.07) is 3.06. The topological polar surface area (TPSA) is 146 Å². The summed E-state index contributed by atoms with van der Waals surface area (Å²) in [5.41, 5.74) is -1.36. The first kappa shape index (κ1) is 19.1. The van der Waals surface area contributed by atoms with Crippen LogP contribution in [0.5, 0.6) is 0 Å². The van der Waals surface area contributed by atoms with Crippen LogP contribution in [-0.2, 0) is 9.53 Å². The molecule has 0 atom stereocenters. The number of aromatic carboxylic acids is 2. The number of nitrogens with zero attached hydrogens (tertiary/aromatic N) is 2. The highest BCUT2D eigenvalue weighted by Gasteiger charge is 2.17. The van der Waals surface area contributed by atoms with Crippen LogP contribution in [0.2, 0.25) is 0 Å². The fourth-order valence-corrected chi connectivity index (χ4v) is 1.63. The van der Waals surface area contributed by atoms with E-state index in [2.05, 4.69) is 15.0 Å². The molecule has 128 valence electrons. The minimum Gasteiger partial charge on any atom is -0.508 e. The van der Waals surface area contributed by atoms with E-state index in [0.717, 1.165) is 18.2 Å². The molecular formula is C14H13ClN2O7. The molecule has 0 amide bonds. The Morgan fingerprint density at radius 3 is 2.04 bits per heavy atom. The number of benzene rings is 1. The number of aliphatic hydroxyl groups excluding tert-OH is 1. The van der Waals surface area contributed by atoms with Gasteiger partial charge in [-0.25, -0.2) is 14.4 Å². The van der Waals surface area contributed by atoms with Crippen molar-refractivity contribution in [3.8, 4) is 0 Å². The largest absolute Gasteiger partial charge is 0.508 e. The number of carbonyl (C=O) groups excluding carboxylic acids is 1. The third kappa shape index (κ3) is 5.06. The summed E-state index contributed by atoms with van der Waals surface area (Å²) >= 11 is 5.43. The van der Waals surface area contributed by atoms with Crippen LogP contribution >= 0.6 is 11.6 Å². The number of esters is 1. The molecular weight excluding hydrogens is 344 g/mol. The monoisotopic (exact) mass is 356 g/mol. The lowest BCUT2D eigenvalue weighted by molar-refractivity contribution is -0.138. The van der Waals surface area contributed by atoms with E-state index in [9.17, 15) is 19.5 Å². The van der Waals surface area contributed by atoms with Crippen LogP contribution in [0.4, 0.5) is 5.69 Å². The normalized spacial score (nSPS) is 11.9. The summed E-state index contributed by atoms with van der Waals surface area (Å²) in [5.74, 6) is -4.72.